The van der Waals surface area contributed by atoms with Gasteiger partial charge in [0.1, 0.15) is 11.5 Å². The molecule has 0 aliphatic carbocycles. The molecular formula is C28H29N3O5. The smallest absolute Gasteiger partial charge is 0.262 e. The van der Waals surface area contributed by atoms with Gasteiger partial charge in [-0.05, 0) is 66.6 Å². The maximum Gasteiger partial charge on any atom is 0.262 e. The van der Waals surface area contributed by atoms with Crippen LogP contribution in [-0.4, -0.2) is 38.0 Å². The van der Waals surface area contributed by atoms with E-state index in [1.807, 2.05) is 55.5 Å². The third-order valence-electron chi connectivity index (χ3n) is 5.94. The Hall–Kier alpha value is -4.33. The quantitative estimate of drug-likeness (QED) is 0.480. The fraction of sp³-hybridized carbons (Fsp3) is 0.250. The number of hydrogen-bond acceptors (Lipinski definition) is 5. The lowest BCUT2D eigenvalue weighted by molar-refractivity contribution is -0.126. The van der Waals surface area contributed by atoms with Crippen molar-refractivity contribution >= 4 is 29.1 Å². The van der Waals surface area contributed by atoms with Crippen molar-refractivity contribution in [2.75, 3.05) is 30.5 Å². The number of anilines is 2. The summed E-state index contributed by atoms with van der Waals surface area (Å²) in [5.74, 6) is 0.328. The van der Waals surface area contributed by atoms with Crippen molar-refractivity contribution < 1.29 is 23.9 Å². The number of rotatable bonds is 9. The largest absolute Gasteiger partial charge is 0.497 e. The molecule has 1 atom stereocenters. The maximum absolute atomic E-state index is 12.6. The van der Waals surface area contributed by atoms with Crippen LogP contribution in [0.15, 0.2) is 72.8 Å². The number of nitrogens with zero attached hydrogens (tertiary/aromatic N) is 1. The average Bonchev–Trinajstić information content (AvgIpc) is 3.28. The van der Waals surface area contributed by atoms with Crippen LogP contribution in [0.5, 0.6) is 11.5 Å². The number of benzene rings is 3. The van der Waals surface area contributed by atoms with Gasteiger partial charge >= 0.3 is 0 Å². The Morgan fingerprint density at radius 1 is 1.00 bits per heavy atom. The molecule has 0 unspecified atom stereocenters. The van der Waals surface area contributed by atoms with Gasteiger partial charge < -0.3 is 25.0 Å². The first kappa shape index (κ1) is 24.8. The number of aryl methyl sites for hydroxylation is 1. The van der Waals surface area contributed by atoms with E-state index < -0.39 is 5.92 Å². The highest BCUT2D eigenvalue weighted by atomic mass is 16.5. The van der Waals surface area contributed by atoms with Crippen molar-refractivity contribution in [3.05, 3.63) is 83.9 Å². The van der Waals surface area contributed by atoms with Crippen LogP contribution in [0, 0.1) is 12.8 Å². The lowest BCUT2D eigenvalue weighted by atomic mass is 10.1. The SMILES string of the molecule is COc1ccc(CNC(=O)[C@H]2CC(=O)N(c3ccc(OCC(=O)Nc4cccc(C)c4)cc3)C2)cc1. The normalized spacial score (nSPS) is 14.9. The molecule has 0 bridgehead atoms. The Labute approximate surface area is 210 Å². The van der Waals surface area contributed by atoms with E-state index in [4.69, 9.17) is 9.47 Å². The lowest BCUT2D eigenvalue weighted by Gasteiger charge is -2.17. The van der Waals surface area contributed by atoms with Crippen LogP contribution in [0.4, 0.5) is 11.4 Å². The van der Waals surface area contributed by atoms with Crippen LogP contribution < -0.4 is 25.0 Å². The van der Waals surface area contributed by atoms with Crippen LogP contribution >= 0.6 is 0 Å². The van der Waals surface area contributed by atoms with Gasteiger partial charge in [-0.3, -0.25) is 14.4 Å². The molecule has 36 heavy (non-hydrogen) atoms. The Morgan fingerprint density at radius 3 is 2.42 bits per heavy atom. The summed E-state index contributed by atoms with van der Waals surface area (Å²) in [6, 6.07) is 21.9. The Morgan fingerprint density at radius 2 is 1.72 bits per heavy atom. The summed E-state index contributed by atoms with van der Waals surface area (Å²) in [5, 5.41) is 5.71. The van der Waals surface area contributed by atoms with Gasteiger partial charge in [-0.15, -0.1) is 0 Å². The number of carbonyl (C=O) groups excluding carboxylic acids is 3. The molecule has 3 aromatic carbocycles. The average molecular weight is 488 g/mol. The predicted octanol–water partition coefficient (Wildman–Crippen LogP) is 3.69. The molecule has 1 fully saturated rings. The minimum Gasteiger partial charge on any atom is -0.497 e. The van der Waals surface area contributed by atoms with Crippen molar-refractivity contribution in [3.8, 4) is 11.5 Å². The first-order valence-corrected chi connectivity index (χ1v) is 11.7. The number of hydrogen-bond donors (Lipinski definition) is 2. The van der Waals surface area contributed by atoms with Crippen molar-refractivity contribution in [1.82, 2.24) is 5.32 Å². The number of carbonyl (C=O) groups is 3. The molecule has 0 spiro atoms. The molecule has 8 nitrogen and oxygen atoms in total. The summed E-state index contributed by atoms with van der Waals surface area (Å²) < 4.78 is 10.7. The highest BCUT2D eigenvalue weighted by Gasteiger charge is 2.35. The van der Waals surface area contributed by atoms with Gasteiger partial charge in [0.15, 0.2) is 6.61 Å². The Kier molecular flexibility index (Phi) is 7.85. The van der Waals surface area contributed by atoms with Gasteiger partial charge in [0.05, 0.1) is 13.0 Å². The number of ether oxygens (including phenoxy) is 2. The summed E-state index contributed by atoms with van der Waals surface area (Å²) >= 11 is 0. The van der Waals surface area contributed by atoms with Gasteiger partial charge in [0.2, 0.25) is 11.8 Å². The standard InChI is InChI=1S/C28H29N3O5/c1-19-4-3-5-22(14-19)30-26(32)18-36-25-12-8-23(9-13-25)31-17-21(15-27(31)33)28(34)29-16-20-6-10-24(35-2)11-7-20/h3-14,21H,15-18H2,1-2H3,(H,29,34)(H,30,32)/t21-/m0/s1. The fourth-order valence-electron chi connectivity index (χ4n) is 4.00. The Bertz CT molecular complexity index is 1220. The summed E-state index contributed by atoms with van der Waals surface area (Å²) in [6.07, 6.45) is 0.159. The first-order valence-electron chi connectivity index (χ1n) is 11.7. The van der Waals surface area contributed by atoms with Gasteiger partial charge in [0.25, 0.3) is 5.91 Å². The molecule has 8 heteroatoms. The van der Waals surface area contributed by atoms with Gasteiger partial charge in [-0.1, -0.05) is 24.3 Å². The molecule has 4 rings (SSSR count). The third-order valence-corrected chi connectivity index (χ3v) is 5.94. The molecule has 1 heterocycles. The van der Waals surface area contributed by atoms with Crippen molar-refractivity contribution in [2.45, 2.75) is 19.9 Å². The van der Waals surface area contributed by atoms with Crippen LogP contribution in [0.3, 0.4) is 0 Å². The molecule has 1 saturated heterocycles. The van der Waals surface area contributed by atoms with E-state index in [-0.39, 0.29) is 30.7 Å². The van der Waals surface area contributed by atoms with Crippen LogP contribution in [0.25, 0.3) is 0 Å². The molecule has 3 aromatic rings. The van der Waals surface area contributed by atoms with E-state index in [1.165, 1.54) is 0 Å². The second-order valence-electron chi connectivity index (χ2n) is 8.67. The molecular weight excluding hydrogens is 458 g/mol. The fourth-order valence-corrected chi connectivity index (χ4v) is 4.00. The summed E-state index contributed by atoms with van der Waals surface area (Å²) in [4.78, 5) is 39.0. The van der Waals surface area contributed by atoms with E-state index in [0.717, 1.165) is 16.9 Å². The van der Waals surface area contributed by atoms with E-state index in [9.17, 15) is 14.4 Å². The molecule has 1 aliphatic rings. The topological polar surface area (TPSA) is 97.0 Å². The maximum atomic E-state index is 12.6. The van der Waals surface area contributed by atoms with Crippen molar-refractivity contribution in [1.29, 1.82) is 0 Å². The van der Waals surface area contributed by atoms with E-state index in [0.29, 0.717) is 30.2 Å². The van der Waals surface area contributed by atoms with E-state index in [2.05, 4.69) is 10.6 Å². The monoisotopic (exact) mass is 487 g/mol. The zero-order chi connectivity index (χ0) is 25.5. The second kappa shape index (κ2) is 11.4. The molecule has 186 valence electrons. The van der Waals surface area contributed by atoms with E-state index >= 15 is 0 Å². The minimum atomic E-state index is -0.419. The molecule has 0 saturated carbocycles. The Balaban J connectivity index is 1.26. The second-order valence-corrected chi connectivity index (χ2v) is 8.67. The zero-order valence-electron chi connectivity index (χ0n) is 20.3. The first-order chi connectivity index (χ1) is 17.4. The minimum absolute atomic E-state index is 0.106. The molecule has 1 aliphatic heterocycles. The number of methoxy groups -OCH3 is 1. The highest BCUT2D eigenvalue weighted by Crippen LogP contribution is 2.27. The number of amides is 3. The summed E-state index contributed by atoms with van der Waals surface area (Å²) in [6.45, 7) is 2.52. The molecule has 3 amide bonds. The van der Waals surface area contributed by atoms with E-state index in [1.54, 1.807) is 36.3 Å². The van der Waals surface area contributed by atoms with Gasteiger partial charge in [0, 0.05) is 30.9 Å². The summed E-state index contributed by atoms with van der Waals surface area (Å²) in [5.41, 5.74) is 3.40. The third kappa shape index (κ3) is 6.41. The number of nitrogens with one attached hydrogen (secondary N) is 2. The van der Waals surface area contributed by atoms with Crippen molar-refractivity contribution in [3.63, 3.8) is 0 Å². The van der Waals surface area contributed by atoms with Crippen LogP contribution in [0.1, 0.15) is 17.5 Å². The predicted molar refractivity (Wildman–Crippen MR) is 137 cm³/mol. The molecule has 0 aromatic heterocycles. The lowest BCUT2D eigenvalue weighted by Crippen LogP contribution is -2.32. The van der Waals surface area contributed by atoms with Crippen LogP contribution in [0.2, 0.25) is 0 Å². The molecule has 0 radical (unpaired) electrons. The zero-order valence-corrected chi connectivity index (χ0v) is 20.3. The van der Waals surface area contributed by atoms with Crippen LogP contribution in [-0.2, 0) is 20.9 Å². The summed E-state index contributed by atoms with van der Waals surface area (Å²) in [7, 11) is 1.60. The molecule has 2 N–H and O–H groups in total. The highest BCUT2D eigenvalue weighted by molar-refractivity contribution is 6.00. The van der Waals surface area contributed by atoms with Crippen molar-refractivity contribution in [2.24, 2.45) is 5.92 Å². The van der Waals surface area contributed by atoms with Gasteiger partial charge in [-0.25, -0.2) is 0 Å². The van der Waals surface area contributed by atoms with Gasteiger partial charge in [-0.2, -0.15) is 0 Å².